The van der Waals surface area contributed by atoms with E-state index in [1.165, 1.54) is 0 Å². The lowest BCUT2D eigenvalue weighted by Gasteiger charge is -2.17. The maximum absolute atomic E-state index is 5.61. The summed E-state index contributed by atoms with van der Waals surface area (Å²) in [6, 6.07) is 8.24. The third kappa shape index (κ3) is 1.99. The van der Waals surface area contributed by atoms with Crippen LogP contribution in [0.15, 0.2) is 24.3 Å². The molecule has 0 aromatic heterocycles. The number of hydrogen-bond donors (Lipinski definition) is 2. The maximum Gasteiger partial charge on any atom is 0.0748 e. The van der Waals surface area contributed by atoms with Gasteiger partial charge in [0.05, 0.1) is 12.1 Å². The molecule has 76 valence electrons. The number of nitrogens with one attached hydrogen (secondary N) is 1. The Kier molecular flexibility index (Phi) is 2.59. The molecular weight excluding hydrogens is 176 g/mol. The highest BCUT2D eigenvalue weighted by atomic mass is 16.5. The monoisotopic (exact) mass is 192 g/mol. The number of nitrogens with two attached hydrogens (primary N) is 1. The molecule has 1 aromatic rings. The Morgan fingerprint density at radius 3 is 2.64 bits per heavy atom. The SMILES string of the molecule is CC1OCCC1Nc1ccc(N)cc1. The van der Waals surface area contributed by atoms with Crippen molar-refractivity contribution in [2.24, 2.45) is 0 Å². The number of ether oxygens (including phenoxy) is 1. The number of rotatable bonds is 2. The van der Waals surface area contributed by atoms with Crippen LogP contribution in [0.1, 0.15) is 13.3 Å². The molecule has 3 nitrogen and oxygen atoms in total. The molecule has 0 radical (unpaired) electrons. The normalized spacial score (nSPS) is 26.4. The Balaban J connectivity index is 2.00. The van der Waals surface area contributed by atoms with E-state index in [9.17, 15) is 0 Å². The minimum Gasteiger partial charge on any atom is -0.399 e. The van der Waals surface area contributed by atoms with Crippen LogP contribution in [0.3, 0.4) is 0 Å². The second kappa shape index (κ2) is 3.88. The average molecular weight is 192 g/mol. The summed E-state index contributed by atoms with van der Waals surface area (Å²) in [5.74, 6) is 0. The van der Waals surface area contributed by atoms with E-state index in [0.717, 1.165) is 24.4 Å². The summed E-state index contributed by atoms with van der Waals surface area (Å²) in [4.78, 5) is 0. The van der Waals surface area contributed by atoms with Gasteiger partial charge in [-0.15, -0.1) is 0 Å². The first-order valence-electron chi connectivity index (χ1n) is 4.99. The van der Waals surface area contributed by atoms with Crippen LogP contribution in [-0.2, 0) is 4.74 Å². The summed E-state index contributed by atoms with van der Waals surface area (Å²) < 4.78 is 5.47. The lowest BCUT2D eigenvalue weighted by Crippen LogP contribution is -2.26. The molecule has 2 unspecified atom stereocenters. The van der Waals surface area contributed by atoms with Gasteiger partial charge >= 0.3 is 0 Å². The zero-order valence-electron chi connectivity index (χ0n) is 8.36. The van der Waals surface area contributed by atoms with E-state index in [2.05, 4.69) is 12.2 Å². The highest BCUT2D eigenvalue weighted by Crippen LogP contribution is 2.19. The molecule has 2 atom stereocenters. The van der Waals surface area contributed by atoms with Gasteiger partial charge in [-0.3, -0.25) is 0 Å². The van der Waals surface area contributed by atoms with Crippen LogP contribution < -0.4 is 11.1 Å². The van der Waals surface area contributed by atoms with Crippen molar-refractivity contribution in [1.29, 1.82) is 0 Å². The largest absolute Gasteiger partial charge is 0.399 e. The second-order valence-corrected chi connectivity index (χ2v) is 3.74. The molecule has 1 heterocycles. The Morgan fingerprint density at radius 2 is 2.07 bits per heavy atom. The quantitative estimate of drug-likeness (QED) is 0.703. The number of anilines is 2. The van der Waals surface area contributed by atoms with Gasteiger partial charge in [-0.05, 0) is 37.6 Å². The third-order valence-electron chi connectivity index (χ3n) is 2.64. The van der Waals surface area contributed by atoms with Gasteiger partial charge in [-0.25, -0.2) is 0 Å². The topological polar surface area (TPSA) is 47.3 Å². The van der Waals surface area contributed by atoms with Gasteiger partial charge in [0, 0.05) is 18.0 Å². The first-order valence-corrected chi connectivity index (χ1v) is 4.99. The van der Waals surface area contributed by atoms with Crippen molar-refractivity contribution >= 4 is 11.4 Å². The summed E-state index contributed by atoms with van der Waals surface area (Å²) in [6.07, 6.45) is 1.37. The molecule has 1 saturated heterocycles. The first kappa shape index (κ1) is 9.34. The zero-order chi connectivity index (χ0) is 9.97. The number of benzene rings is 1. The van der Waals surface area contributed by atoms with Crippen LogP contribution in [0.25, 0.3) is 0 Å². The van der Waals surface area contributed by atoms with Crippen molar-refractivity contribution in [3.05, 3.63) is 24.3 Å². The van der Waals surface area contributed by atoms with E-state index < -0.39 is 0 Å². The lowest BCUT2D eigenvalue weighted by atomic mass is 10.1. The molecule has 3 heteroatoms. The van der Waals surface area contributed by atoms with E-state index in [4.69, 9.17) is 10.5 Å². The molecule has 0 spiro atoms. The summed E-state index contributed by atoms with van der Waals surface area (Å²) in [5.41, 5.74) is 7.52. The van der Waals surface area contributed by atoms with Crippen molar-refractivity contribution in [3.8, 4) is 0 Å². The molecule has 0 aliphatic carbocycles. The molecule has 1 aliphatic heterocycles. The smallest absolute Gasteiger partial charge is 0.0748 e. The Morgan fingerprint density at radius 1 is 1.36 bits per heavy atom. The second-order valence-electron chi connectivity index (χ2n) is 3.74. The number of hydrogen-bond acceptors (Lipinski definition) is 3. The predicted octanol–water partition coefficient (Wildman–Crippen LogP) is 1.86. The minimum absolute atomic E-state index is 0.299. The number of nitrogen functional groups attached to an aromatic ring is 1. The van der Waals surface area contributed by atoms with Crippen molar-refractivity contribution in [2.75, 3.05) is 17.7 Å². The average Bonchev–Trinajstić information content (AvgIpc) is 2.56. The molecule has 0 amide bonds. The van der Waals surface area contributed by atoms with Gasteiger partial charge in [0.1, 0.15) is 0 Å². The van der Waals surface area contributed by atoms with Gasteiger partial charge in [0.15, 0.2) is 0 Å². The molecule has 2 rings (SSSR count). The molecular formula is C11H16N2O. The van der Waals surface area contributed by atoms with Gasteiger partial charge < -0.3 is 15.8 Å². The molecule has 14 heavy (non-hydrogen) atoms. The summed E-state index contributed by atoms with van der Waals surface area (Å²) in [5, 5.41) is 3.44. The van der Waals surface area contributed by atoms with Crippen molar-refractivity contribution in [1.82, 2.24) is 0 Å². The van der Waals surface area contributed by atoms with E-state index in [1.54, 1.807) is 0 Å². The summed E-state index contributed by atoms with van der Waals surface area (Å²) >= 11 is 0. The van der Waals surface area contributed by atoms with Crippen LogP contribution in [-0.4, -0.2) is 18.8 Å². The van der Waals surface area contributed by atoms with Gasteiger partial charge in [-0.1, -0.05) is 0 Å². The fraction of sp³-hybridized carbons (Fsp3) is 0.455. The molecule has 3 N–H and O–H groups in total. The minimum atomic E-state index is 0.299. The van der Waals surface area contributed by atoms with E-state index in [0.29, 0.717) is 12.1 Å². The van der Waals surface area contributed by atoms with Crippen LogP contribution >= 0.6 is 0 Å². The standard InChI is InChI=1S/C11H16N2O/c1-8-11(6-7-14-8)13-10-4-2-9(12)3-5-10/h2-5,8,11,13H,6-7,12H2,1H3. The van der Waals surface area contributed by atoms with Crippen LogP contribution in [0.5, 0.6) is 0 Å². The van der Waals surface area contributed by atoms with Crippen LogP contribution in [0.2, 0.25) is 0 Å². The van der Waals surface area contributed by atoms with E-state index in [-0.39, 0.29) is 0 Å². The van der Waals surface area contributed by atoms with E-state index >= 15 is 0 Å². The summed E-state index contributed by atoms with van der Waals surface area (Å²) in [6.45, 7) is 2.95. The Labute approximate surface area is 84.3 Å². The summed E-state index contributed by atoms with van der Waals surface area (Å²) in [7, 11) is 0. The molecule has 1 aliphatic rings. The molecule has 0 bridgehead atoms. The van der Waals surface area contributed by atoms with Gasteiger partial charge in [0.2, 0.25) is 0 Å². The highest BCUT2D eigenvalue weighted by molar-refractivity contribution is 5.51. The van der Waals surface area contributed by atoms with Crippen molar-refractivity contribution in [2.45, 2.75) is 25.5 Å². The predicted molar refractivity (Wildman–Crippen MR) is 58.3 cm³/mol. The highest BCUT2D eigenvalue weighted by Gasteiger charge is 2.23. The van der Waals surface area contributed by atoms with Gasteiger partial charge in [0.25, 0.3) is 0 Å². The van der Waals surface area contributed by atoms with E-state index in [1.807, 2.05) is 24.3 Å². The molecule has 0 saturated carbocycles. The van der Waals surface area contributed by atoms with Crippen molar-refractivity contribution in [3.63, 3.8) is 0 Å². The lowest BCUT2D eigenvalue weighted by molar-refractivity contribution is 0.121. The van der Waals surface area contributed by atoms with Crippen LogP contribution in [0, 0.1) is 0 Å². The zero-order valence-corrected chi connectivity index (χ0v) is 8.36. The molecule has 1 fully saturated rings. The van der Waals surface area contributed by atoms with Crippen molar-refractivity contribution < 1.29 is 4.74 Å². The maximum atomic E-state index is 5.61. The first-order chi connectivity index (χ1) is 6.75. The Hall–Kier alpha value is -1.22. The van der Waals surface area contributed by atoms with Gasteiger partial charge in [-0.2, -0.15) is 0 Å². The fourth-order valence-electron chi connectivity index (χ4n) is 1.71. The Bertz CT molecular complexity index is 297. The molecule has 1 aromatic carbocycles. The fourth-order valence-corrected chi connectivity index (χ4v) is 1.71. The third-order valence-corrected chi connectivity index (χ3v) is 2.64. The van der Waals surface area contributed by atoms with Crippen LogP contribution in [0.4, 0.5) is 11.4 Å².